The van der Waals surface area contributed by atoms with Gasteiger partial charge >= 0.3 is 12.3 Å². The van der Waals surface area contributed by atoms with Gasteiger partial charge in [0.25, 0.3) is 5.91 Å². The Hall–Kier alpha value is -4.68. The summed E-state index contributed by atoms with van der Waals surface area (Å²) in [5.41, 5.74) is 0.211. The third-order valence-electron chi connectivity index (χ3n) is 8.79. The Labute approximate surface area is 256 Å². The first-order chi connectivity index (χ1) is 21.3. The third kappa shape index (κ3) is 5.55. The van der Waals surface area contributed by atoms with Gasteiger partial charge < -0.3 is 15.0 Å². The first-order valence-electron chi connectivity index (χ1n) is 14.6. The first-order valence-corrected chi connectivity index (χ1v) is 14.6. The lowest BCUT2D eigenvalue weighted by Gasteiger charge is -2.45. The number of aryl methyl sites for hydroxylation is 1. The number of fused-ring (bicyclic) bond motifs is 3. The van der Waals surface area contributed by atoms with Gasteiger partial charge in [-0.3, -0.25) is 20.3 Å². The lowest BCUT2D eigenvalue weighted by atomic mass is 9.81. The van der Waals surface area contributed by atoms with Crippen LogP contribution in [0.15, 0.2) is 70.9 Å². The van der Waals surface area contributed by atoms with Crippen LogP contribution in [0.25, 0.3) is 0 Å². The number of nitrogens with one attached hydrogen (secondary N) is 3. The van der Waals surface area contributed by atoms with Gasteiger partial charge in [-0.15, -0.1) is 0 Å². The number of likely N-dealkylation sites (tertiary alicyclic amines) is 1. The Bertz CT molecular complexity index is 1670. The van der Waals surface area contributed by atoms with E-state index in [1.165, 1.54) is 11.0 Å². The van der Waals surface area contributed by atoms with Gasteiger partial charge in [-0.05, 0) is 56.4 Å². The van der Waals surface area contributed by atoms with Crippen LogP contribution in [0.1, 0.15) is 42.9 Å². The summed E-state index contributed by atoms with van der Waals surface area (Å²) >= 11 is 0. The molecule has 1 saturated heterocycles. The molecule has 3 N–H and O–H groups in total. The number of halogens is 4. The van der Waals surface area contributed by atoms with Crippen molar-refractivity contribution in [1.82, 2.24) is 15.6 Å². The fourth-order valence-electron chi connectivity index (χ4n) is 6.45. The lowest BCUT2D eigenvalue weighted by Crippen LogP contribution is -2.58. The van der Waals surface area contributed by atoms with Crippen molar-refractivity contribution in [3.8, 4) is 0 Å². The molecule has 1 unspecified atom stereocenters. The molecular formula is C32H31F4N5O4. The Balaban J connectivity index is 1.29. The minimum Gasteiger partial charge on any atom is -0.436 e. The Kier molecular flexibility index (Phi) is 7.45. The molecule has 4 aliphatic rings. The predicted octanol–water partition coefficient (Wildman–Crippen LogP) is 4.78. The average molecular weight is 626 g/mol. The van der Waals surface area contributed by atoms with Crippen molar-refractivity contribution in [3.05, 3.63) is 88.3 Å². The van der Waals surface area contributed by atoms with Crippen LogP contribution in [-0.4, -0.2) is 59.4 Å². The van der Waals surface area contributed by atoms with Crippen molar-refractivity contribution in [2.24, 2.45) is 5.10 Å². The molecule has 0 saturated carbocycles. The van der Waals surface area contributed by atoms with Gasteiger partial charge in [0.05, 0.1) is 23.3 Å². The lowest BCUT2D eigenvalue weighted by molar-refractivity contribution is -0.142. The maximum Gasteiger partial charge on any atom is 0.435 e. The SMILES string of the molecule is Cc1ccc2c(c1F)[C@@]1(CCCN(C(=O)[C@H](Cc3ccccc3)NC(=O)C3=CCC4(C)NN=C(C(F)(F)F)C4=C3)C1)OC(=O)N2. The highest BCUT2D eigenvalue weighted by Crippen LogP contribution is 2.44. The Morgan fingerprint density at radius 3 is 2.67 bits per heavy atom. The monoisotopic (exact) mass is 625 g/mol. The van der Waals surface area contributed by atoms with E-state index in [0.29, 0.717) is 12.0 Å². The summed E-state index contributed by atoms with van der Waals surface area (Å²) in [6, 6.07) is 11.0. The molecule has 0 radical (unpaired) electrons. The number of piperidine rings is 1. The van der Waals surface area contributed by atoms with Crippen LogP contribution in [-0.2, 0) is 26.3 Å². The fraction of sp³-hybridized carbons (Fsp3) is 0.375. The molecule has 3 atom stereocenters. The van der Waals surface area contributed by atoms with E-state index < -0.39 is 52.8 Å². The Morgan fingerprint density at radius 1 is 1.18 bits per heavy atom. The second-order valence-corrected chi connectivity index (χ2v) is 12.0. The standard InChI is InChI=1S/C32H31F4N5O4/c1-18-9-10-22-24(25(18)33)31(45-29(44)38-22)12-6-14-41(17-31)28(43)23(15-19-7-4-3-5-8-19)37-27(42)20-11-13-30(2)21(16-20)26(39-40-30)32(34,35)36/h3-5,7-11,16,23,40H,6,12-15,17H2,1-2H3,(H,37,42)(H,38,44)/t23-,30?,31-/m0/s1. The molecule has 3 aliphatic heterocycles. The molecule has 1 spiro atoms. The number of carbonyl (C=O) groups excluding carboxylic acids is 3. The molecule has 2 aromatic carbocycles. The van der Waals surface area contributed by atoms with Gasteiger partial charge in [-0.1, -0.05) is 42.5 Å². The zero-order valence-electron chi connectivity index (χ0n) is 24.6. The Morgan fingerprint density at radius 2 is 1.93 bits per heavy atom. The first kappa shape index (κ1) is 30.4. The highest BCUT2D eigenvalue weighted by Gasteiger charge is 2.51. The molecule has 13 heteroatoms. The van der Waals surface area contributed by atoms with E-state index in [0.717, 1.165) is 11.6 Å². The number of amides is 3. The largest absolute Gasteiger partial charge is 0.436 e. The van der Waals surface area contributed by atoms with Gasteiger partial charge in [0.15, 0.2) is 11.3 Å². The predicted molar refractivity (Wildman–Crippen MR) is 157 cm³/mol. The summed E-state index contributed by atoms with van der Waals surface area (Å²) in [6.07, 6.45) is -2.00. The summed E-state index contributed by atoms with van der Waals surface area (Å²) in [6.45, 7) is 3.28. The summed E-state index contributed by atoms with van der Waals surface area (Å²) in [7, 11) is 0. The molecule has 0 aromatic heterocycles. The topological polar surface area (TPSA) is 112 Å². The summed E-state index contributed by atoms with van der Waals surface area (Å²) in [4.78, 5) is 41.7. The smallest absolute Gasteiger partial charge is 0.435 e. The molecule has 2 aromatic rings. The van der Waals surface area contributed by atoms with Crippen molar-refractivity contribution in [2.45, 2.75) is 62.9 Å². The van der Waals surface area contributed by atoms with E-state index in [1.807, 2.05) is 0 Å². The number of alkyl halides is 3. The summed E-state index contributed by atoms with van der Waals surface area (Å²) < 4.78 is 62.3. The van der Waals surface area contributed by atoms with E-state index in [2.05, 4.69) is 21.2 Å². The van der Waals surface area contributed by atoms with Crippen LogP contribution in [0.2, 0.25) is 0 Å². The quantitative estimate of drug-likeness (QED) is 0.415. The van der Waals surface area contributed by atoms with E-state index >= 15 is 4.39 Å². The van der Waals surface area contributed by atoms with Crippen LogP contribution in [0.5, 0.6) is 0 Å². The van der Waals surface area contributed by atoms with Gasteiger partial charge in [0.2, 0.25) is 5.91 Å². The second-order valence-electron chi connectivity index (χ2n) is 12.0. The van der Waals surface area contributed by atoms with Crippen molar-refractivity contribution < 1.29 is 36.7 Å². The van der Waals surface area contributed by atoms with Crippen molar-refractivity contribution in [1.29, 1.82) is 0 Å². The molecule has 3 heterocycles. The zero-order chi connectivity index (χ0) is 32.1. The zero-order valence-corrected chi connectivity index (χ0v) is 24.6. The van der Waals surface area contributed by atoms with Gasteiger partial charge in [-0.2, -0.15) is 18.3 Å². The number of hydrogen-bond acceptors (Lipinski definition) is 6. The number of anilines is 1. The van der Waals surface area contributed by atoms with Crippen LogP contribution in [0.3, 0.4) is 0 Å². The van der Waals surface area contributed by atoms with Crippen LogP contribution in [0.4, 0.5) is 28.0 Å². The van der Waals surface area contributed by atoms with Crippen LogP contribution < -0.4 is 16.1 Å². The second kappa shape index (κ2) is 11.0. The molecular weight excluding hydrogens is 594 g/mol. The fourth-order valence-corrected chi connectivity index (χ4v) is 6.45. The van der Waals surface area contributed by atoms with Crippen LogP contribution >= 0.6 is 0 Å². The maximum atomic E-state index is 15.5. The van der Waals surface area contributed by atoms with Crippen molar-refractivity contribution >= 4 is 29.3 Å². The molecule has 9 nitrogen and oxygen atoms in total. The molecule has 1 fully saturated rings. The maximum absolute atomic E-state index is 15.5. The van der Waals surface area contributed by atoms with E-state index in [4.69, 9.17) is 4.74 Å². The normalized spacial score (nSPS) is 24.6. The molecule has 1 aliphatic carbocycles. The number of hydrazone groups is 1. The number of hydrogen-bond donors (Lipinski definition) is 3. The minimum absolute atomic E-state index is 0.0251. The van der Waals surface area contributed by atoms with E-state index in [1.54, 1.807) is 56.3 Å². The number of nitrogens with zero attached hydrogens (tertiary/aromatic N) is 2. The highest BCUT2D eigenvalue weighted by molar-refractivity contribution is 6.10. The van der Waals surface area contributed by atoms with E-state index in [-0.39, 0.29) is 54.7 Å². The van der Waals surface area contributed by atoms with Crippen molar-refractivity contribution in [2.75, 3.05) is 18.4 Å². The van der Waals surface area contributed by atoms with E-state index in [9.17, 15) is 27.6 Å². The molecule has 0 bridgehead atoms. The molecule has 45 heavy (non-hydrogen) atoms. The van der Waals surface area contributed by atoms with Crippen LogP contribution in [0, 0.1) is 12.7 Å². The number of ether oxygens (including phenoxy) is 1. The summed E-state index contributed by atoms with van der Waals surface area (Å²) in [5.74, 6) is -1.76. The third-order valence-corrected chi connectivity index (χ3v) is 8.79. The minimum atomic E-state index is -4.72. The number of carbonyl (C=O) groups is 3. The van der Waals surface area contributed by atoms with Gasteiger partial charge in [0, 0.05) is 24.1 Å². The average Bonchev–Trinajstić information content (AvgIpc) is 3.35. The number of benzene rings is 2. The molecule has 3 amide bonds. The van der Waals surface area contributed by atoms with Gasteiger partial charge in [-0.25, -0.2) is 9.18 Å². The van der Waals surface area contributed by atoms with Gasteiger partial charge in [0.1, 0.15) is 11.9 Å². The van der Waals surface area contributed by atoms with Crippen molar-refractivity contribution in [3.63, 3.8) is 0 Å². The molecule has 236 valence electrons. The molecule has 6 rings (SSSR count). The number of rotatable bonds is 5. The summed E-state index contributed by atoms with van der Waals surface area (Å²) in [5, 5.41) is 8.75. The highest BCUT2D eigenvalue weighted by atomic mass is 19.4.